The number of hydrogen-bond acceptors (Lipinski definition) is 5. The van der Waals surface area contributed by atoms with Crippen LogP contribution in [0.25, 0.3) is 0 Å². The van der Waals surface area contributed by atoms with E-state index in [-0.39, 0.29) is 5.91 Å². The molecule has 1 aliphatic rings. The second kappa shape index (κ2) is 8.06. The largest absolute Gasteiger partial charge is 0.320 e. The van der Waals surface area contributed by atoms with Gasteiger partial charge in [0.05, 0.1) is 11.3 Å². The Kier molecular flexibility index (Phi) is 5.49. The first-order valence-corrected chi connectivity index (χ1v) is 12.0. The molecule has 0 unspecified atom stereocenters. The zero-order valence-corrected chi connectivity index (χ0v) is 17.6. The summed E-state index contributed by atoms with van der Waals surface area (Å²) in [5.41, 5.74) is 4.18. The predicted octanol–water partition coefficient (Wildman–Crippen LogP) is 3.30. The molecule has 2 aromatic carbocycles. The van der Waals surface area contributed by atoms with Crippen LogP contribution in [0, 0.1) is 0 Å². The summed E-state index contributed by atoms with van der Waals surface area (Å²) in [6.07, 6.45) is 2.48. The van der Waals surface area contributed by atoms with Crippen molar-refractivity contribution in [2.24, 2.45) is 0 Å². The number of aromatic nitrogens is 1. The van der Waals surface area contributed by atoms with Gasteiger partial charge in [-0.15, -0.1) is 11.3 Å². The summed E-state index contributed by atoms with van der Waals surface area (Å²) >= 11 is 1.47. The van der Waals surface area contributed by atoms with Crippen LogP contribution in [0.1, 0.15) is 32.2 Å². The van der Waals surface area contributed by atoms with E-state index in [0.29, 0.717) is 31.6 Å². The highest BCUT2D eigenvalue weighted by Gasteiger charge is 2.25. The number of carbonyl (C=O) groups is 1. The molecule has 0 spiro atoms. The zero-order chi connectivity index (χ0) is 20.4. The van der Waals surface area contributed by atoms with Crippen LogP contribution in [0.5, 0.6) is 0 Å². The molecule has 6 nitrogen and oxygen atoms in total. The molecule has 2 heterocycles. The second-order valence-electron chi connectivity index (χ2n) is 7.03. The summed E-state index contributed by atoms with van der Waals surface area (Å²) in [4.78, 5) is 17.2. The number of hydrogen-bond donors (Lipinski definition) is 1. The third-order valence-electron chi connectivity index (χ3n) is 4.93. The van der Waals surface area contributed by atoms with E-state index in [4.69, 9.17) is 0 Å². The highest BCUT2D eigenvalue weighted by molar-refractivity contribution is 7.88. The molecule has 0 fully saturated rings. The van der Waals surface area contributed by atoms with Crippen LogP contribution in [0.3, 0.4) is 0 Å². The van der Waals surface area contributed by atoms with Crippen molar-refractivity contribution in [3.63, 3.8) is 0 Å². The molecule has 8 heteroatoms. The van der Waals surface area contributed by atoms with Gasteiger partial charge in [0.15, 0.2) is 0 Å². The van der Waals surface area contributed by atoms with E-state index in [1.165, 1.54) is 21.9 Å². The zero-order valence-electron chi connectivity index (χ0n) is 16.0. The Hall–Kier alpha value is -2.55. The number of rotatable bonds is 5. The minimum absolute atomic E-state index is 0.250. The van der Waals surface area contributed by atoms with Gasteiger partial charge in [-0.25, -0.2) is 13.4 Å². The Labute approximate surface area is 174 Å². The lowest BCUT2D eigenvalue weighted by atomic mass is 9.99. The summed E-state index contributed by atoms with van der Waals surface area (Å²) in [6.45, 7) is 0.743. The molecule has 0 saturated carbocycles. The van der Waals surface area contributed by atoms with E-state index < -0.39 is 10.0 Å². The maximum atomic E-state index is 12.7. The number of fused-ring (bicyclic) bond motifs is 1. The van der Waals surface area contributed by atoms with Crippen molar-refractivity contribution in [2.45, 2.75) is 19.4 Å². The van der Waals surface area contributed by atoms with E-state index in [1.807, 2.05) is 48.5 Å². The van der Waals surface area contributed by atoms with Gasteiger partial charge in [0.25, 0.3) is 5.91 Å². The first-order valence-electron chi connectivity index (χ1n) is 9.26. The van der Waals surface area contributed by atoms with Gasteiger partial charge in [-0.1, -0.05) is 42.5 Å². The van der Waals surface area contributed by atoms with Crippen LogP contribution in [0.4, 0.5) is 5.69 Å². The summed E-state index contributed by atoms with van der Waals surface area (Å²) in [6, 6.07) is 15.6. The fourth-order valence-electron chi connectivity index (χ4n) is 3.44. The van der Waals surface area contributed by atoms with Crippen LogP contribution in [0.15, 0.2) is 53.9 Å². The molecule has 0 aliphatic carbocycles. The van der Waals surface area contributed by atoms with Gasteiger partial charge in [-0.05, 0) is 29.2 Å². The number of benzene rings is 2. The van der Waals surface area contributed by atoms with Crippen LogP contribution in [-0.4, -0.2) is 36.4 Å². The number of nitrogens with zero attached hydrogens (tertiary/aromatic N) is 2. The van der Waals surface area contributed by atoms with Gasteiger partial charge in [0.1, 0.15) is 5.69 Å². The molecule has 29 heavy (non-hydrogen) atoms. The quantitative estimate of drug-likeness (QED) is 0.678. The lowest BCUT2D eigenvalue weighted by Gasteiger charge is -2.28. The van der Waals surface area contributed by atoms with Gasteiger partial charge >= 0.3 is 0 Å². The summed E-state index contributed by atoms with van der Waals surface area (Å²) in [5, 5.41) is 5.62. The molecule has 0 saturated heterocycles. The molecule has 0 radical (unpaired) electrons. The molecule has 4 rings (SSSR count). The van der Waals surface area contributed by atoms with Crippen LogP contribution in [-0.2, 0) is 29.4 Å². The van der Waals surface area contributed by atoms with Crippen molar-refractivity contribution in [3.05, 3.63) is 81.3 Å². The van der Waals surface area contributed by atoms with E-state index in [0.717, 1.165) is 27.4 Å². The first kappa shape index (κ1) is 19.8. The Morgan fingerprint density at radius 3 is 2.72 bits per heavy atom. The van der Waals surface area contributed by atoms with Crippen LogP contribution in [0.2, 0.25) is 0 Å². The third-order valence-corrected chi connectivity index (χ3v) is 7.03. The normalized spacial score (nSPS) is 14.4. The molecule has 1 aliphatic heterocycles. The van der Waals surface area contributed by atoms with Gasteiger partial charge in [-0.3, -0.25) is 4.79 Å². The smallest absolute Gasteiger partial charge is 0.275 e. The Morgan fingerprint density at radius 2 is 1.97 bits per heavy atom. The number of anilines is 1. The Balaban J connectivity index is 1.49. The van der Waals surface area contributed by atoms with E-state index in [1.54, 1.807) is 5.38 Å². The predicted molar refractivity (Wildman–Crippen MR) is 115 cm³/mol. The maximum absolute atomic E-state index is 12.7. The number of carbonyl (C=O) groups excluding carboxylic acids is 1. The molecule has 3 aromatic rings. The summed E-state index contributed by atoms with van der Waals surface area (Å²) < 4.78 is 25.1. The van der Waals surface area contributed by atoms with E-state index >= 15 is 0 Å². The van der Waals surface area contributed by atoms with Crippen molar-refractivity contribution in [1.82, 2.24) is 9.29 Å². The lowest BCUT2D eigenvalue weighted by molar-refractivity contribution is 0.102. The van der Waals surface area contributed by atoms with Crippen molar-refractivity contribution in [1.29, 1.82) is 0 Å². The minimum atomic E-state index is -3.23. The molecule has 1 N–H and O–H groups in total. The summed E-state index contributed by atoms with van der Waals surface area (Å²) in [7, 11) is -3.23. The monoisotopic (exact) mass is 427 g/mol. The highest BCUT2D eigenvalue weighted by Crippen LogP contribution is 2.28. The van der Waals surface area contributed by atoms with Gasteiger partial charge in [0.2, 0.25) is 10.0 Å². The molecular formula is C21H21N3O3S2. The van der Waals surface area contributed by atoms with Gasteiger partial charge < -0.3 is 5.32 Å². The average Bonchev–Trinajstić information content (AvgIpc) is 3.16. The SMILES string of the molecule is CS(=O)(=O)N1CCc2c(cccc2NC(=O)c2csc(Cc3ccccc3)n2)C1. The fraction of sp³-hybridized carbons (Fsp3) is 0.238. The fourth-order valence-corrected chi connectivity index (χ4v) is 5.04. The van der Waals surface area contributed by atoms with E-state index in [2.05, 4.69) is 10.3 Å². The van der Waals surface area contributed by atoms with Crippen molar-refractivity contribution < 1.29 is 13.2 Å². The van der Waals surface area contributed by atoms with Crippen LogP contribution < -0.4 is 5.32 Å². The van der Waals surface area contributed by atoms with Crippen molar-refractivity contribution in [3.8, 4) is 0 Å². The molecule has 1 aromatic heterocycles. The number of amides is 1. The number of thiazole rings is 1. The molecule has 0 bridgehead atoms. The molecular weight excluding hydrogens is 406 g/mol. The highest BCUT2D eigenvalue weighted by atomic mass is 32.2. The second-order valence-corrected chi connectivity index (χ2v) is 9.96. The first-order chi connectivity index (χ1) is 13.9. The topological polar surface area (TPSA) is 79.4 Å². The molecule has 1 amide bonds. The van der Waals surface area contributed by atoms with E-state index in [9.17, 15) is 13.2 Å². The van der Waals surface area contributed by atoms with Gasteiger partial charge in [-0.2, -0.15) is 4.31 Å². The van der Waals surface area contributed by atoms with Crippen molar-refractivity contribution >= 4 is 33.0 Å². The lowest BCUT2D eigenvalue weighted by Crippen LogP contribution is -2.35. The van der Waals surface area contributed by atoms with Crippen molar-refractivity contribution in [2.75, 3.05) is 18.1 Å². The standard InChI is InChI=1S/C21H21N3O3S2/c1-29(26,27)24-11-10-17-16(13-24)8-5-9-18(17)23-21(25)19-14-28-20(22-19)12-15-6-3-2-4-7-15/h2-9,14H,10-13H2,1H3,(H,23,25). The third kappa shape index (κ3) is 4.55. The Bertz CT molecular complexity index is 1140. The van der Waals surface area contributed by atoms with Crippen LogP contribution >= 0.6 is 11.3 Å². The summed E-state index contributed by atoms with van der Waals surface area (Å²) in [5.74, 6) is -0.250. The van der Waals surface area contributed by atoms with Gasteiger partial charge in [0, 0.05) is 30.6 Å². The molecule has 150 valence electrons. The maximum Gasteiger partial charge on any atom is 0.275 e. The number of sulfonamides is 1. The Morgan fingerprint density at radius 1 is 1.17 bits per heavy atom. The molecule has 0 atom stereocenters. The average molecular weight is 428 g/mol. The number of nitrogens with one attached hydrogen (secondary N) is 1. The minimum Gasteiger partial charge on any atom is -0.320 e.